The summed E-state index contributed by atoms with van der Waals surface area (Å²) < 4.78 is 0. The molecule has 1 N–H and O–H groups in total. The van der Waals surface area contributed by atoms with Gasteiger partial charge in [-0.15, -0.1) is 0 Å². The quantitative estimate of drug-likeness (QED) is 0.763. The zero-order valence-corrected chi connectivity index (χ0v) is 13.8. The molecule has 106 valence electrons. The second-order valence-electron chi connectivity index (χ2n) is 4.84. The molecule has 0 radical (unpaired) electrons. The summed E-state index contributed by atoms with van der Waals surface area (Å²) in [4.78, 5) is 2.33. The molecule has 0 saturated heterocycles. The van der Waals surface area contributed by atoms with E-state index >= 15 is 0 Å². The maximum Gasteiger partial charge on any atom is 0.0417 e. The third-order valence-electron chi connectivity index (χ3n) is 2.77. The standard InChI is InChI=1S/C16H17Cl2NS/c1-11(2)19-10-12-3-4-14(18)9-16(12)20-15-7-5-13(17)6-8-15/h3-9,11,19H,10H2,1-2H3. The highest BCUT2D eigenvalue weighted by atomic mass is 35.5. The Labute approximate surface area is 134 Å². The highest BCUT2D eigenvalue weighted by Crippen LogP contribution is 2.33. The van der Waals surface area contributed by atoms with E-state index in [9.17, 15) is 0 Å². The molecular formula is C16H17Cl2NS. The largest absolute Gasteiger partial charge is 0.310 e. The van der Waals surface area contributed by atoms with E-state index < -0.39 is 0 Å². The van der Waals surface area contributed by atoms with E-state index in [-0.39, 0.29) is 0 Å². The van der Waals surface area contributed by atoms with Crippen molar-refractivity contribution in [3.8, 4) is 0 Å². The second-order valence-corrected chi connectivity index (χ2v) is 6.83. The van der Waals surface area contributed by atoms with Crippen LogP contribution < -0.4 is 5.32 Å². The Morgan fingerprint density at radius 1 is 1.00 bits per heavy atom. The van der Waals surface area contributed by atoms with Crippen LogP contribution in [0.4, 0.5) is 0 Å². The van der Waals surface area contributed by atoms with Crippen molar-refractivity contribution in [3.63, 3.8) is 0 Å². The van der Waals surface area contributed by atoms with E-state index in [1.54, 1.807) is 11.8 Å². The average Bonchev–Trinajstić information content (AvgIpc) is 2.40. The van der Waals surface area contributed by atoms with Crippen molar-refractivity contribution in [1.29, 1.82) is 0 Å². The van der Waals surface area contributed by atoms with Crippen molar-refractivity contribution < 1.29 is 0 Å². The highest BCUT2D eigenvalue weighted by molar-refractivity contribution is 7.99. The predicted octanol–water partition coefficient (Wildman–Crippen LogP) is 5.64. The molecule has 0 atom stereocenters. The van der Waals surface area contributed by atoms with Gasteiger partial charge in [-0.3, -0.25) is 0 Å². The Hall–Kier alpha value is -0.670. The molecule has 0 aliphatic carbocycles. The van der Waals surface area contributed by atoms with Gasteiger partial charge in [-0.1, -0.05) is 54.9 Å². The van der Waals surface area contributed by atoms with Gasteiger partial charge in [0, 0.05) is 32.4 Å². The van der Waals surface area contributed by atoms with Crippen molar-refractivity contribution in [2.75, 3.05) is 0 Å². The molecule has 0 bridgehead atoms. The number of benzene rings is 2. The SMILES string of the molecule is CC(C)NCc1ccc(Cl)cc1Sc1ccc(Cl)cc1. The Kier molecular flexibility index (Phi) is 5.79. The fourth-order valence-electron chi connectivity index (χ4n) is 1.71. The Balaban J connectivity index is 2.20. The van der Waals surface area contributed by atoms with Crippen molar-refractivity contribution in [3.05, 3.63) is 58.1 Å². The van der Waals surface area contributed by atoms with Crippen LogP contribution in [0.1, 0.15) is 19.4 Å². The third kappa shape index (κ3) is 4.71. The molecule has 2 rings (SSSR count). The van der Waals surface area contributed by atoms with Crippen LogP contribution in [0.25, 0.3) is 0 Å². The topological polar surface area (TPSA) is 12.0 Å². The molecule has 0 amide bonds. The predicted molar refractivity (Wildman–Crippen MR) is 89.0 cm³/mol. The van der Waals surface area contributed by atoms with Gasteiger partial charge >= 0.3 is 0 Å². The van der Waals surface area contributed by atoms with Gasteiger partial charge in [-0.2, -0.15) is 0 Å². The lowest BCUT2D eigenvalue weighted by molar-refractivity contribution is 0.585. The van der Waals surface area contributed by atoms with Gasteiger partial charge in [0.05, 0.1) is 0 Å². The lowest BCUT2D eigenvalue weighted by Gasteiger charge is -2.13. The summed E-state index contributed by atoms with van der Waals surface area (Å²) in [5, 5.41) is 4.95. The van der Waals surface area contributed by atoms with Gasteiger partial charge in [-0.05, 0) is 42.0 Å². The monoisotopic (exact) mass is 325 g/mol. The van der Waals surface area contributed by atoms with Crippen LogP contribution in [-0.2, 0) is 6.54 Å². The van der Waals surface area contributed by atoms with Crippen molar-refractivity contribution in [1.82, 2.24) is 5.32 Å². The van der Waals surface area contributed by atoms with Gasteiger partial charge in [0.2, 0.25) is 0 Å². The van der Waals surface area contributed by atoms with E-state index in [1.165, 1.54) is 10.5 Å². The molecule has 2 aromatic rings. The Morgan fingerprint density at radius 2 is 1.65 bits per heavy atom. The smallest absolute Gasteiger partial charge is 0.0417 e. The van der Waals surface area contributed by atoms with Gasteiger partial charge in [0.1, 0.15) is 0 Å². The normalized spacial score (nSPS) is 11.1. The summed E-state index contributed by atoms with van der Waals surface area (Å²) in [5.74, 6) is 0. The molecule has 0 aromatic heterocycles. The molecule has 0 spiro atoms. The fourth-order valence-corrected chi connectivity index (χ4v) is 3.06. The Bertz CT molecular complexity index is 567. The zero-order valence-electron chi connectivity index (χ0n) is 11.5. The van der Waals surface area contributed by atoms with Gasteiger partial charge in [-0.25, -0.2) is 0 Å². The zero-order chi connectivity index (χ0) is 14.5. The fraction of sp³-hybridized carbons (Fsp3) is 0.250. The molecule has 0 saturated carbocycles. The van der Waals surface area contributed by atoms with Gasteiger partial charge in [0.25, 0.3) is 0 Å². The molecule has 2 aromatic carbocycles. The molecule has 0 unspecified atom stereocenters. The van der Waals surface area contributed by atoms with Crippen molar-refractivity contribution in [2.24, 2.45) is 0 Å². The maximum atomic E-state index is 6.12. The van der Waals surface area contributed by atoms with Crippen LogP contribution in [0.15, 0.2) is 52.3 Å². The average molecular weight is 326 g/mol. The van der Waals surface area contributed by atoms with Crippen LogP contribution in [0.5, 0.6) is 0 Å². The Morgan fingerprint density at radius 3 is 2.30 bits per heavy atom. The van der Waals surface area contributed by atoms with Crippen LogP contribution in [0.2, 0.25) is 10.0 Å². The third-order valence-corrected chi connectivity index (χ3v) is 4.37. The first-order valence-electron chi connectivity index (χ1n) is 6.50. The second kappa shape index (κ2) is 7.37. The number of halogens is 2. The summed E-state index contributed by atoms with van der Waals surface area (Å²) in [6.07, 6.45) is 0. The summed E-state index contributed by atoms with van der Waals surface area (Å²) in [5.41, 5.74) is 1.25. The maximum absolute atomic E-state index is 6.12. The van der Waals surface area contributed by atoms with Crippen molar-refractivity contribution >= 4 is 35.0 Å². The summed E-state index contributed by atoms with van der Waals surface area (Å²) >= 11 is 13.7. The molecule has 4 heteroatoms. The minimum atomic E-state index is 0.457. The first kappa shape index (κ1) is 15.7. The van der Waals surface area contributed by atoms with Crippen molar-refractivity contribution in [2.45, 2.75) is 36.2 Å². The van der Waals surface area contributed by atoms with Crippen LogP contribution in [0, 0.1) is 0 Å². The first-order valence-corrected chi connectivity index (χ1v) is 8.07. The molecule has 0 aliphatic heterocycles. The molecule has 20 heavy (non-hydrogen) atoms. The minimum absolute atomic E-state index is 0.457. The van der Waals surface area contributed by atoms with Crippen LogP contribution in [-0.4, -0.2) is 6.04 Å². The van der Waals surface area contributed by atoms with E-state index in [0.717, 1.165) is 21.5 Å². The number of rotatable bonds is 5. The molecular weight excluding hydrogens is 309 g/mol. The van der Waals surface area contributed by atoms with E-state index in [2.05, 4.69) is 25.2 Å². The lowest BCUT2D eigenvalue weighted by Crippen LogP contribution is -2.22. The summed E-state index contributed by atoms with van der Waals surface area (Å²) in [6.45, 7) is 5.12. The van der Waals surface area contributed by atoms with Crippen LogP contribution >= 0.6 is 35.0 Å². The van der Waals surface area contributed by atoms with Crippen LogP contribution in [0.3, 0.4) is 0 Å². The first-order chi connectivity index (χ1) is 9.54. The minimum Gasteiger partial charge on any atom is -0.310 e. The van der Waals surface area contributed by atoms with Gasteiger partial charge < -0.3 is 5.32 Å². The highest BCUT2D eigenvalue weighted by Gasteiger charge is 2.06. The van der Waals surface area contributed by atoms with E-state index in [4.69, 9.17) is 23.2 Å². The summed E-state index contributed by atoms with van der Waals surface area (Å²) in [7, 11) is 0. The number of hydrogen-bond donors (Lipinski definition) is 1. The van der Waals surface area contributed by atoms with Gasteiger partial charge in [0.15, 0.2) is 0 Å². The molecule has 0 heterocycles. The lowest BCUT2D eigenvalue weighted by atomic mass is 10.2. The molecule has 1 nitrogen and oxygen atoms in total. The number of hydrogen-bond acceptors (Lipinski definition) is 2. The van der Waals surface area contributed by atoms with E-state index in [1.807, 2.05) is 36.4 Å². The molecule has 0 fully saturated rings. The number of nitrogens with one attached hydrogen (secondary N) is 1. The molecule has 0 aliphatic rings. The van der Waals surface area contributed by atoms with E-state index in [0.29, 0.717) is 6.04 Å². The summed E-state index contributed by atoms with van der Waals surface area (Å²) in [6, 6.07) is 14.3.